The maximum absolute atomic E-state index is 5.91. The highest BCUT2D eigenvalue weighted by atomic mass is 16.5. The predicted molar refractivity (Wildman–Crippen MR) is 82.4 cm³/mol. The Bertz CT molecular complexity index is 540. The van der Waals surface area contributed by atoms with E-state index in [0.29, 0.717) is 13.2 Å². The molecule has 0 aliphatic rings. The average molecular weight is 289 g/mol. The van der Waals surface area contributed by atoms with Crippen LogP contribution in [0.15, 0.2) is 36.5 Å². The minimum atomic E-state index is 0.647. The second kappa shape index (κ2) is 8.44. The fraction of sp³-hybridized carbons (Fsp3) is 0.438. The van der Waals surface area contributed by atoms with Gasteiger partial charge in [0.2, 0.25) is 0 Å². The van der Waals surface area contributed by atoms with Gasteiger partial charge in [0.25, 0.3) is 0 Å². The minimum Gasteiger partial charge on any atom is -0.493 e. The van der Waals surface area contributed by atoms with E-state index in [1.165, 1.54) is 11.3 Å². The minimum absolute atomic E-state index is 0.647. The topological polar surface area (TPSA) is 48.3 Å². The van der Waals surface area contributed by atoms with E-state index in [1.807, 2.05) is 42.2 Å². The van der Waals surface area contributed by atoms with Crippen LogP contribution in [-0.2, 0) is 24.8 Å². The van der Waals surface area contributed by atoms with E-state index in [0.717, 1.165) is 25.3 Å². The summed E-state index contributed by atoms with van der Waals surface area (Å²) in [4.78, 5) is 0. The van der Waals surface area contributed by atoms with Crippen molar-refractivity contribution < 1.29 is 9.47 Å². The first-order valence-electron chi connectivity index (χ1n) is 7.18. The van der Waals surface area contributed by atoms with Gasteiger partial charge in [-0.15, -0.1) is 0 Å². The first kappa shape index (κ1) is 15.5. The van der Waals surface area contributed by atoms with Crippen molar-refractivity contribution in [3.8, 4) is 5.75 Å². The zero-order chi connectivity index (χ0) is 14.9. The van der Waals surface area contributed by atoms with Gasteiger partial charge in [-0.2, -0.15) is 5.10 Å². The summed E-state index contributed by atoms with van der Waals surface area (Å²) < 4.78 is 12.8. The highest BCUT2D eigenvalue weighted by Crippen LogP contribution is 2.18. The van der Waals surface area contributed by atoms with Crippen molar-refractivity contribution in [2.75, 3.05) is 26.9 Å². The van der Waals surface area contributed by atoms with Crippen LogP contribution >= 0.6 is 0 Å². The molecule has 0 bridgehead atoms. The van der Waals surface area contributed by atoms with Gasteiger partial charge in [0.1, 0.15) is 5.75 Å². The molecule has 1 aromatic carbocycles. The van der Waals surface area contributed by atoms with Crippen molar-refractivity contribution >= 4 is 0 Å². The molecule has 0 atom stereocenters. The number of hydrogen-bond donors (Lipinski definition) is 1. The van der Waals surface area contributed by atoms with E-state index in [-0.39, 0.29) is 0 Å². The number of aryl methyl sites for hydroxylation is 1. The fourth-order valence-electron chi connectivity index (χ4n) is 2.10. The molecule has 0 saturated heterocycles. The van der Waals surface area contributed by atoms with Gasteiger partial charge in [0.05, 0.1) is 13.2 Å². The summed E-state index contributed by atoms with van der Waals surface area (Å²) in [6.07, 6.45) is 2.66. The molecule has 114 valence electrons. The van der Waals surface area contributed by atoms with Crippen LogP contribution in [0.2, 0.25) is 0 Å². The average Bonchev–Trinajstić information content (AvgIpc) is 2.90. The summed E-state index contributed by atoms with van der Waals surface area (Å²) in [5, 5.41) is 7.49. The number of benzene rings is 1. The number of nitrogens with one attached hydrogen (secondary N) is 1. The molecule has 1 N–H and O–H groups in total. The maximum atomic E-state index is 5.91. The lowest BCUT2D eigenvalue weighted by Crippen LogP contribution is -2.19. The first-order chi connectivity index (χ1) is 10.3. The molecule has 0 spiro atoms. The van der Waals surface area contributed by atoms with Crippen molar-refractivity contribution in [2.45, 2.75) is 13.0 Å². The number of hydrogen-bond acceptors (Lipinski definition) is 4. The Labute approximate surface area is 125 Å². The lowest BCUT2D eigenvalue weighted by molar-refractivity contribution is 0.199. The summed E-state index contributed by atoms with van der Waals surface area (Å²) in [6.45, 7) is 2.98. The smallest absolute Gasteiger partial charge is 0.123 e. The molecule has 0 aliphatic carbocycles. The van der Waals surface area contributed by atoms with Gasteiger partial charge < -0.3 is 14.8 Å². The van der Waals surface area contributed by atoms with E-state index in [4.69, 9.17) is 9.47 Å². The lowest BCUT2D eigenvalue weighted by Gasteiger charge is -2.12. The Morgan fingerprint density at radius 2 is 2.05 bits per heavy atom. The Hall–Kier alpha value is -1.85. The maximum Gasteiger partial charge on any atom is 0.123 e. The normalized spacial score (nSPS) is 10.8. The van der Waals surface area contributed by atoms with Crippen LogP contribution < -0.4 is 10.1 Å². The number of nitrogens with zero attached hydrogens (tertiary/aromatic N) is 2. The molecule has 1 heterocycles. The zero-order valence-electron chi connectivity index (χ0n) is 12.7. The summed E-state index contributed by atoms with van der Waals surface area (Å²) >= 11 is 0. The molecule has 0 saturated carbocycles. The molecule has 0 radical (unpaired) electrons. The molecule has 21 heavy (non-hydrogen) atoms. The highest BCUT2D eigenvalue weighted by Gasteiger charge is 2.04. The second-order valence-electron chi connectivity index (χ2n) is 4.82. The summed E-state index contributed by atoms with van der Waals surface area (Å²) in [7, 11) is 3.65. The largest absolute Gasteiger partial charge is 0.493 e. The Balaban J connectivity index is 1.83. The van der Waals surface area contributed by atoms with Crippen LogP contribution in [0.1, 0.15) is 11.3 Å². The molecule has 5 heteroatoms. The van der Waals surface area contributed by atoms with E-state index >= 15 is 0 Å². The van der Waals surface area contributed by atoms with Crippen molar-refractivity contribution in [3.63, 3.8) is 0 Å². The van der Waals surface area contributed by atoms with Crippen molar-refractivity contribution in [3.05, 3.63) is 47.8 Å². The zero-order valence-corrected chi connectivity index (χ0v) is 12.7. The van der Waals surface area contributed by atoms with Gasteiger partial charge in [0, 0.05) is 51.1 Å². The molecular weight excluding hydrogens is 266 g/mol. The molecule has 1 aromatic heterocycles. The molecule has 0 fully saturated rings. The van der Waals surface area contributed by atoms with Crippen LogP contribution in [0.5, 0.6) is 5.75 Å². The monoisotopic (exact) mass is 289 g/mol. The summed E-state index contributed by atoms with van der Waals surface area (Å²) in [6, 6.07) is 10.1. The number of methoxy groups -OCH3 is 1. The van der Waals surface area contributed by atoms with Crippen molar-refractivity contribution in [1.29, 1.82) is 0 Å². The summed E-state index contributed by atoms with van der Waals surface area (Å²) in [5.41, 5.74) is 2.34. The Morgan fingerprint density at radius 3 is 2.81 bits per heavy atom. The molecule has 0 unspecified atom stereocenters. The van der Waals surface area contributed by atoms with Crippen LogP contribution in [-0.4, -0.2) is 36.6 Å². The molecule has 2 rings (SSSR count). The number of para-hydroxylation sites is 1. The van der Waals surface area contributed by atoms with E-state index in [9.17, 15) is 0 Å². The first-order valence-corrected chi connectivity index (χ1v) is 7.18. The number of aromatic nitrogens is 2. The van der Waals surface area contributed by atoms with Crippen LogP contribution in [0, 0.1) is 0 Å². The molecule has 2 aromatic rings. The van der Waals surface area contributed by atoms with Crippen molar-refractivity contribution in [2.24, 2.45) is 7.05 Å². The van der Waals surface area contributed by atoms with E-state index < -0.39 is 0 Å². The molecule has 0 aliphatic heterocycles. The van der Waals surface area contributed by atoms with E-state index in [2.05, 4.69) is 16.5 Å². The quantitative estimate of drug-likeness (QED) is 0.715. The van der Waals surface area contributed by atoms with Gasteiger partial charge in [-0.05, 0) is 12.1 Å². The third-order valence-corrected chi connectivity index (χ3v) is 3.31. The van der Waals surface area contributed by atoms with Gasteiger partial charge in [0.15, 0.2) is 0 Å². The Kier molecular flexibility index (Phi) is 6.24. The predicted octanol–water partition coefficient (Wildman–Crippen LogP) is 1.78. The standard InChI is InChI=1S/C16H23N3O2/c1-19-15(7-9-18-19)8-11-21-16-6-4-3-5-14(16)13-17-10-12-20-2/h3-7,9,17H,8,10-13H2,1-2H3. The molecule has 0 amide bonds. The molecular formula is C16H23N3O2. The van der Waals surface area contributed by atoms with Gasteiger partial charge >= 0.3 is 0 Å². The van der Waals surface area contributed by atoms with Crippen molar-refractivity contribution in [1.82, 2.24) is 15.1 Å². The van der Waals surface area contributed by atoms with Crippen LogP contribution in [0.25, 0.3) is 0 Å². The molecule has 5 nitrogen and oxygen atoms in total. The van der Waals surface area contributed by atoms with Crippen LogP contribution in [0.3, 0.4) is 0 Å². The van der Waals surface area contributed by atoms with Gasteiger partial charge in [-0.3, -0.25) is 4.68 Å². The highest BCUT2D eigenvalue weighted by molar-refractivity contribution is 5.33. The fourth-order valence-corrected chi connectivity index (χ4v) is 2.10. The second-order valence-corrected chi connectivity index (χ2v) is 4.82. The third kappa shape index (κ3) is 4.88. The van der Waals surface area contributed by atoms with Gasteiger partial charge in [-0.25, -0.2) is 0 Å². The Morgan fingerprint density at radius 1 is 1.19 bits per heavy atom. The third-order valence-electron chi connectivity index (χ3n) is 3.31. The number of rotatable bonds is 9. The lowest BCUT2D eigenvalue weighted by atomic mass is 10.2. The SMILES string of the molecule is COCCNCc1ccccc1OCCc1ccnn1C. The van der Waals surface area contributed by atoms with Crippen LogP contribution in [0.4, 0.5) is 0 Å². The number of ether oxygens (including phenoxy) is 2. The summed E-state index contributed by atoms with van der Waals surface area (Å²) in [5.74, 6) is 0.935. The van der Waals surface area contributed by atoms with Gasteiger partial charge in [-0.1, -0.05) is 18.2 Å². The van der Waals surface area contributed by atoms with E-state index in [1.54, 1.807) is 7.11 Å².